The summed E-state index contributed by atoms with van der Waals surface area (Å²) in [5, 5.41) is 121. The third-order valence-corrected chi connectivity index (χ3v) is 18.1. The van der Waals surface area contributed by atoms with E-state index in [-0.39, 0.29) is 18.9 Å². The lowest BCUT2D eigenvalue weighted by molar-refractivity contribution is -0.379. The van der Waals surface area contributed by atoms with Crippen molar-refractivity contribution in [1.29, 1.82) is 0 Å². The van der Waals surface area contributed by atoms with Gasteiger partial charge in [-0.25, -0.2) is 0 Å². The van der Waals surface area contributed by atoms with Crippen molar-refractivity contribution in [3.05, 3.63) is 146 Å². The van der Waals surface area contributed by atoms with Crippen molar-refractivity contribution in [3.8, 4) is 0 Å². The van der Waals surface area contributed by atoms with Crippen LogP contribution in [0.2, 0.25) is 0 Å². The molecule has 0 aromatic heterocycles. The molecule has 0 aromatic carbocycles. The third-order valence-electron chi connectivity index (χ3n) is 18.1. The molecule has 1 amide bonds. The molecule has 19 heteroatoms. The smallest absolute Gasteiger partial charge is 0.220 e. The van der Waals surface area contributed by atoms with Crippen molar-refractivity contribution >= 4 is 5.91 Å². The average Bonchev–Trinajstić information content (AvgIpc) is 0.792. The van der Waals surface area contributed by atoms with E-state index in [4.69, 9.17) is 28.4 Å². The van der Waals surface area contributed by atoms with Crippen molar-refractivity contribution in [3.63, 3.8) is 0 Å². The molecule has 3 aliphatic rings. The Hall–Kier alpha value is -4.33. The van der Waals surface area contributed by atoms with Crippen LogP contribution in [0.15, 0.2) is 146 Å². The van der Waals surface area contributed by atoms with Crippen LogP contribution >= 0.6 is 0 Å². The Morgan fingerprint density at radius 2 is 0.693 bits per heavy atom. The topological polar surface area (TPSA) is 307 Å². The molecule has 3 saturated heterocycles. The molecular formula is C82H135NO18. The Kier molecular flexibility index (Phi) is 54.8. The van der Waals surface area contributed by atoms with Crippen molar-refractivity contribution < 1.29 is 89.4 Å². The molecule has 101 heavy (non-hydrogen) atoms. The van der Waals surface area contributed by atoms with Crippen molar-refractivity contribution in [2.45, 2.75) is 336 Å². The number of aliphatic hydroxyl groups is 11. The van der Waals surface area contributed by atoms with E-state index in [0.717, 1.165) is 128 Å². The number of unbranched alkanes of at least 4 members (excludes halogenated alkanes) is 20. The second kappa shape index (κ2) is 60.9. The fourth-order valence-corrected chi connectivity index (χ4v) is 11.9. The summed E-state index contributed by atoms with van der Waals surface area (Å²) in [5.74, 6) is -0.300. The molecule has 0 spiro atoms. The number of amides is 1. The summed E-state index contributed by atoms with van der Waals surface area (Å²) < 4.78 is 34.4. The molecule has 576 valence electrons. The molecule has 3 heterocycles. The summed E-state index contributed by atoms with van der Waals surface area (Å²) >= 11 is 0. The van der Waals surface area contributed by atoms with Gasteiger partial charge in [-0.05, 0) is 109 Å². The highest BCUT2D eigenvalue weighted by Crippen LogP contribution is 2.33. The Labute approximate surface area is 606 Å². The standard InChI is InChI=1S/C82H135NO18/c1-3-5-7-9-11-13-15-17-19-21-22-23-24-25-26-27-28-29-30-31-32-33-34-35-36-37-38-39-40-41-42-44-46-48-50-52-54-56-58-60-70(88)83-65(66(87)59-57-55-53-51-49-47-45-43-20-18-16-14-12-10-8-6-4-2)64-96-80-76(94)73(91)78(68(62-85)98-80)101-82-77(95)74(92)79(69(63-86)99-82)100-81-75(93)72(90)71(89)67(61-84)97-81/h5,7,11,13,17,19,22-23,25-26,28-29,31-32,34-35,37-38,40-41,49,51,57,59,65-69,71-82,84-87,89-95H,3-4,6,8-10,12,14-16,18,20-21,24,27,30,33,36,39,42-48,50,52-56,58,60-64H2,1-2H3,(H,83,88)/b7-5-,13-11-,19-17-,23-22-,26-25-,29-28-,32-31-,35-34-,38-37-,41-40-,51-49+,59-57+. The molecule has 3 fully saturated rings. The predicted octanol–water partition coefficient (Wildman–Crippen LogP) is 12.3. The van der Waals surface area contributed by atoms with Crippen LogP contribution in [-0.4, -0.2) is 193 Å². The maximum absolute atomic E-state index is 13.4. The number of allylic oxidation sites excluding steroid dienone is 23. The van der Waals surface area contributed by atoms with Crippen LogP contribution in [0, 0.1) is 0 Å². The summed E-state index contributed by atoms with van der Waals surface area (Å²) in [5.41, 5.74) is 0. The average molecular weight is 1420 g/mol. The lowest BCUT2D eigenvalue weighted by Crippen LogP contribution is -2.66. The van der Waals surface area contributed by atoms with Crippen LogP contribution in [0.4, 0.5) is 0 Å². The van der Waals surface area contributed by atoms with Gasteiger partial charge in [0.1, 0.15) is 73.2 Å². The van der Waals surface area contributed by atoms with Crippen LogP contribution in [0.5, 0.6) is 0 Å². The van der Waals surface area contributed by atoms with Crippen molar-refractivity contribution in [2.24, 2.45) is 0 Å². The Morgan fingerprint density at radius 3 is 1.11 bits per heavy atom. The Morgan fingerprint density at radius 1 is 0.366 bits per heavy atom. The molecule has 19 nitrogen and oxygen atoms in total. The minimum Gasteiger partial charge on any atom is -0.394 e. The molecule has 17 unspecified atom stereocenters. The summed E-state index contributed by atoms with van der Waals surface area (Å²) in [7, 11) is 0. The zero-order chi connectivity index (χ0) is 73.2. The summed E-state index contributed by atoms with van der Waals surface area (Å²) in [4.78, 5) is 13.4. The lowest BCUT2D eigenvalue weighted by Gasteiger charge is -2.48. The second-order valence-electron chi connectivity index (χ2n) is 26.7. The first kappa shape index (κ1) is 90.9. The number of carbonyl (C=O) groups is 1. The first-order valence-electron chi connectivity index (χ1n) is 38.6. The second-order valence-corrected chi connectivity index (χ2v) is 26.7. The minimum atomic E-state index is -1.99. The van der Waals surface area contributed by atoms with E-state index in [1.54, 1.807) is 6.08 Å². The molecule has 3 rings (SSSR count). The van der Waals surface area contributed by atoms with Gasteiger partial charge < -0.3 is 89.9 Å². The van der Waals surface area contributed by atoms with Gasteiger partial charge in [0.25, 0.3) is 0 Å². The minimum absolute atomic E-state index is 0.216. The first-order chi connectivity index (χ1) is 49.3. The van der Waals surface area contributed by atoms with Crippen LogP contribution in [0.1, 0.15) is 232 Å². The molecule has 3 aliphatic heterocycles. The van der Waals surface area contributed by atoms with Gasteiger partial charge in [0, 0.05) is 6.42 Å². The quantitative estimate of drug-likeness (QED) is 0.0199. The Balaban J connectivity index is 1.36. The zero-order valence-corrected chi connectivity index (χ0v) is 61.3. The summed E-state index contributed by atoms with van der Waals surface area (Å²) in [6.07, 6.45) is 61.1. The van der Waals surface area contributed by atoms with Gasteiger partial charge in [-0.3, -0.25) is 4.79 Å². The molecule has 12 N–H and O–H groups in total. The number of ether oxygens (including phenoxy) is 6. The van der Waals surface area contributed by atoms with Gasteiger partial charge in [-0.2, -0.15) is 0 Å². The number of nitrogens with one attached hydrogen (secondary N) is 1. The highest BCUT2D eigenvalue weighted by molar-refractivity contribution is 5.76. The van der Waals surface area contributed by atoms with E-state index in [2.05, 4.69) is 153 Å². The monoisotopic (exact) mass is 1420 g/mol. The highest BCUT2D eigenvalue weighted by atomic mass is 16.8. The predicted molar refractivity (Wildman–Crippen MR) is 401 cm³/mol. The van der Waals surface area contributed by atoms with E-state index in [1.165, 1.54) is 70.6 Å². The maximum Gasteiger partial charge on any atom is 0.220 e. The first-order valence-corrected chi connectivity index (χ1v) is 38.6. The number of aliphatic hydroxyl groups excluding tert-OH is 11. The van der Waals surface area contributed by atoms with Crippen LogP contribution in [-0.2, 0) is 33.2 Å². The van der Waals surface area contributed by atoms with Gasteiger partial charge in [-0.15, -0.1) is 0 Å². The Bertz CT molecular complexity index is 2400. The molecular weight excluding hydrogens is 1290 g/mol. The van der Waals surface area contributed by atoms with Crippen LogP contribution < -0.4 is 5.32 Å². The van der Waals surface area contributed by atoms with Gasteiger partial charge in [0.2, 0.25) is 5.91 Å². The van der Waals surface area contributed by atoms with Gasteiger partial charge >= 0.3 is 0 Å². The van der Waals surface area contributed by atoms with Gasteiger partial charge in [0.05, 0.1) is 38.6 Å². The van der Waals surface area contributed by atoms with Crippen LogP contribution in [0.3, 0.4) is 0 Å². The van der Waals surface area contributed by atoms with Gasteiger partial charge in [0.15, 0.2) is 18.9 Å². The number of hydrogen-bond donors (Lipinski definition) is 12. The molecule has 0 aromatic rings. The van der Waals surface area contributed by atoms with Crippen molar-refractivity contribution in [1.82, 2.24) is 5.32 Å². The molecule has 17 atom stereocenters. The van der Waals surface area contributed by atoms with Crippen molar-refractivity contribution in [2.75, 3.05) is 26.4 Å². The highest BCUT2D eigenvalue weighted by Gasteiger charge is 2.53. The summed E-state index contributed by atoms with van der Waals surface area (Å²) in [6, 6.07) is -1.01. The fourth-order valence-electron chi connectivity index (χ4n) is 11.9. The van der Waals surface area contributed by atoms with E-state index in [1.807, 2.05) is 6.08 Å². The van der Waals surface area contributed by atoms with E-state index in [0.29, 0.717) is 12.8 Å². The van der Waals surface area contributed by atoms with Crippen LogP contribution in [0.25, 0.3) is 0 Å². The molecule has 0 bridgehead atoms. The van der Waals surface area contributed by atoms with E-state index in [9.17, 15) is 61.0 Å². The van der Waals surface area contributed by atoms with E-state index >= 15 is 0 Å². The molecule has 0 saturated carbocycles. The van der Waals surface area contributed by atoms with E-state index < -0.39 is 124 Å². The zero-order valence-electron chi connectivity index (χ0n) is 61.3. The van der Waals surface area contributed by atoms with Gasteiger partial charge in [-0.1, -0.05) is 262 Å². The molecule has 0 aliphatic carbocycles. The number of carbonyl (C=O) groups excluding carboxylic acids is 1. The summed E-state index contributed by atoms with van der Waals surface area (Å²) in [6.45, 7) is 1.58. The third kappa shape index (κ3) is 41.2. The normalized spacial score (nSPS) is 27.2. The number of hydrogen-bond acceptors (Lipinski definition) is 18. The molecule has 0 radical (unpaired) electrons. The maximum atomic E-state index is 13.4. The lowest BCUT2D eigenvalue weighted by atomic mass is 9.96. The fraction of sp³-hybridized carbons (Fsp3) is 0.695. The number of rotatable bonds is 58. The SMILES string of the molecule is CC/C=C\C/C=C\C/C=C\C/C=C\C/C=C\C/C=C\C/C=C\C/C=C\C/C=C\C/C=C\CCCCCCCCCCC(=O)NC(COC1OC(CO)C(OC2OC(CO)C(OC3OC(CO)C(O)C(O)C3O)C(O)C2O)C(O)C1O)C(O)/C=C/CC/C=C/CCCCCCCCCCCCC. The largest absolute Gasteiger partial charge is 0.394 e.